The number of rotatable bonds is 3. The molecule has 0 amide bonds. The fourth-order valence-corrected chi connectivity index (χ4v) is 2.56. The van der Waals surface area contributed by atoms with Crippen LogP contribution in [0.2, 0.25) is 0 Å². The molecule has 21 heavy (non-hydrogen) atoms. The lowest BCUT2D eigenvalue weighted by Crippen LogP contribution is -2.11. The topological polar surface area (TPSA) is 75.2 Å². The summed E-state index contributed by atoms with van der Waals surface area (Å²) in [5.41, 5.74) is 8.40. The normalized spacial score (nSPS) is 13.0. The highest BCUT2D eigenvalue weighted by atomic mass is 16.7. The van der Waals surface area contributed by atoms with Gasteiger partial charge < -0.3 is 19.8 Å². The molecular formula is C15H14N4O2. The van der Waals surface area contributed by atoms with Gasteiger partial charge in [-0.25, -0.2) is 4.98 Å². The van der Waals surface area contributed by atoms with Crippen molar-refractivity contribution in [2.24, 2.45) is 5.73 Å². The number of hydrogen-bond acceptors (Lipinski definition) is 5. The predicted molar refractivity (Wildman–Crippen MR) is 78.1 cm³/mol. The summed E-state index contributed by atoms with van der Waals surface area (Å²) in [5.74, 6) is 2.28. The zero-order chi connectivity index (χ0) is 14.2. The number of benzene rings is 1. The van der Waals surface area contributed by atoms with Crippen molar-refractivity contribution >= 4 is 11.0 Å². The summed E-state index contributed by atoms with van der Waals surface area (Å²) in [6, 6.07) is 9.62. The van der Waals surface area contributed by atoms with Crippen LogP contribution in [0.5, 0.6) is 11.5 Å². The summed E-state index contributed by atoms with van der Waals surface area (Å²) in [6.07, 6.45) is 1.76. The maximum atomic E-state index is 5.75. The Bertz CT molecular complexity index is 798. The van der Waals surface area contributed by atoms with E-state index in [2.05, 4.69) is 14.5 Å². The molecule has 0 bridgehead atoms. The van der Waals surface area contributed by atoms with E-state index >= 15 is 0 Å². The Balaban J connectivity index is 1.96. The first-order valence-corrected chi connectivity index (χ1v) is 6.78. The lowest BCUT2D eigenvalue weighted by molar-refractivity contribution is 0.174. The number of ether oxygens (including phenoxy) is 2. The van der Waals surface area contributed by atoms with Gasteiger partial charge in [-0.05, 0) is 12.1 Å². The zero-order valence-corrected chi connectivity index (χ0v) is 11.3. The van der Waals surface area contributed by atoms with Crippen molar-refractivity contribution in [3.05, 3.63) is 36.5 Å². The van der Waals surface area contributed by atoms with Gasteiger partial charge in [0.1, 0.15) is 5.69 Å². The molecule has 0 unspecified atom stereocenters. The van der Waals surface area contributed by atoms with Crippen molar-refractivity contribution < 1.29 is 9.47 Å². The van der Waals surface area contributed by atoms with Crippen LogP contribution in [0.25, 0.3) is 22.6 Å². The van der Waals surface area contributed by atoms with Crippen molar-refractivity contribution in [1.82, 2.24) is 14.5 Å². The highest BCUT2D eigenvalue weighted by Crippen LogP contribution is 2.37. The van der Waals surface area contributed by atoms with Gasteiger partial charge in [0.2, 0.25) is 6.79 Å². The summed E-state index contributed by atoms with van der Waals surface area (Å²) >= 11 is 0. The van der Waals surface area contributed by atoms with Gasteiger partial charge in [-0.3, -0.25) is 4.98 Å². The van der Waals surface area contributed by atoms with Crippen LogP contribution in [-0.4, -0.2) is 27.9 Å². The molecule has 0 fully saturated rings. The van der Waals surface area contributed by atoms with Crippen LogP contribution in [0.1, 0.15) is 0 Å². The van der Waals surface area contributed by atoms with Crippen LogP contribution in [0.4, 0.5) is 0 Å². The van der Waals surface area contributed by atoms with E-state index in [4.69, 9.17) is 15.2 Å². The molecule has 0 saturated heterocycles. The Morgan fingerprint density at radius 1 is 1.19 bits per heavy atom. The molecule has 6 heteroatoms. The van der Waals surface area contributed by atoms with E-state index in [1.165, 1.54) is 0 Å². The molecule has 3 aromatic rings. The molecule has 6 nitrogen and oxygen atoms in total. The van der Waals surface area contributed by atoms with Gasteiger partial charge in [-0.15, -0.1) is 0 Å². The number of aromatic nitrogens is 3. The molecule has 0 spiro atoms. The largest absolute Gasteiger partial charge is 0.454 e. The first-order valence-electron chi connectivity index (χ1n) is 6.78. The highest BCUT2D eigenvalue weighted by Gasteiger charge is 2.19. The van der Waals surface area contributed by atoms with Crippen LogP contribution in [-0.2, 0) is 6.54 Å². The molecule has 0 aliphatic carbocycles. The number of fused-ring (bicyclic) bond motifs is 2. The fraction of sp³-hybridized carbons (Fsp3) is 0.200. The molecule has 1 aromatic carbocycles. The lowest BCUT2D eigenvalue weighted by Gasteiger charge is -2.07. The number of hydrogen-bond donors (Lipinski definition) is 1. The summed E-state index contributed by atoms with van der Waals surface area (Å²) < 4.78 is 12.9. The molecule has 2 aromatic heterocycles. The summed E-state index contributed by atoms with van der Waals surface area (Å²) in [5, 5.41) is 0. The van der Waals surface area contributed by atoms with Crippen LogP contribution < -0.4 is 15.2 Å². The Labute approximate surface area is 121 Å². The monoisotopic (exact) mass is 282 g/mol. The molecule has 2 N–H and O–H groups in total. The third-order valence-electron chi connectivity index (χ3n) is 3.49. The molecule has 0 atom stereocenters. The Morgan fingerprint density at radius 3 is 2.81 bits per heavy atom. The maximum absolute atomic E-state index is 5.75. The minimum absolute atomic E-state index is 0.256. The summed E-state index contributed by atoms with van der Waals surface area (Å²) in [4.78, 5) is 9.07. The van der Waals surface area contributed by atoms with Crippen LogP contribution in [0.3, 0.4) is 0 Å². The number of nitrogens with two attached hydrogens (primary N) is 1. The fourth-order valence-electron chi connectivity index (χ4n) is 2.56. The van der Waals surface area contributed by atoms with E-state index in [0.29, 0.717) is 13.1 Å². The van der Waals surface area contributed by atoms with Crippen molar-refractivity contribution in [1.29, 1.82) is 0 Å². The Hall–Kier alpha value is -2.60. The van der Waals surface area contributed by atoms with E-state index in [-0.39, 0.29) is 6.79 Å². The molecule has 1 aliphatic rings. The summed E-state index contributed by atoms with van der Waals surface area (Å²) in [6.45, 7) is 1.45. The van der Waals surface area contributed by atoms with Gasteiger partial charge in [0, 0.05) is 31.4 Å². The number of nitrogens with zero attached hydrogens (tertiary/aromatic N) is 3. The molecule has 3 heterocycles. The average Bonchev–Trinajstić information content (AvgIpc) is 3.11. The third kappa shape index (κ3) is 1.92. The Kier molecular flexibility index (Phi) is 2.75. The molecule has 0 saturated carbocycles. The minimum Gasteiger partial charge on any atom is -0.454 e. The first-order chi connectivity index (χ1) is 10.4. The van der Waals surface area contributed by atoms with Gasteiger partial charge in [-0.1, -0.05) is 6.07 Å². The van der Waals surface area contributed by atoms with E-state index in [1.807, 2.05) is 30.3 Å². The van der Waals surface area contributed by atoms with Gasteiger partial charge in [0.05, 0.1) is 11.0 Å². The predicted octanol–water partition coefficient (Wildman–Crippen LogP) is 1.79. The van der Waals surface area contributed by atoms with Gasteiger partial charge in [0.25, 0.3) is 0 Å². The van der Waals surface area contributed by atoms with E-state index in [0.717, 1.165) is 34.1 Å². The first kappa shape index (κ1) is 12.2. The van der Waals surface area contributed by atoms with Crippen molar-refractivity contribution in [3.8, 4) is 23.0 Å². The number of imidazole rings is 1. The van der Waals surface area contributed by atoms with Crippen molar-refractivity contribution in [2.75, 3.05) is 13.3 Å². The third-order valence-corrected chi connectivity index (χ3v) is 3.49. The van der Waals surface area contributed by atoms with Crippen molar-refractivity contribution in [3.63, 3.8) is 0 Å². The zero-order valence-electron chi connectivity index (χ0n) is 11.3. The minimum atomic E-state index is 0.256. The second-order valence-corrected chi connectivity index (χ2v) is 4.78. The molecule has 0 radical (unpaired) electrons. The van der Waals surface area contributed by atoms with Crippen LogP contribution >= 0.6 is 0 Å². The second-order valence-electron chi connectivity index (χ2n) is 4.78. The number of pyridine rings is 1. The van der Waals surface area contributed by atoms with Gasteiger partial charge in [0.15, 0.2) is 17.3 Å². The average molecular weight is 282 g/mol. The highest BCUT2D eigenvalue weighted by molar-refractivity contribution is 5.84. The Morgan fingerprint density at radius 2 is 2.05 bits per heavy atom. The molecule has 106 valence electrons. The van der Waals surface area contributed by atoms with Crippen LogP contribution in [0, 0.1) is 0 Å². The van der Waals surface area contributed by atoms with Crippen LogP contribution in [0.15, 0.2) is 36.5 Å². The van der Waals surface area contributed by atoms with E-state index in [9.17, 15) is 0 Å². The van der Waals surface area contributed by atoms with Crippen molar-refractivity contribution in [2.45, 2.75) is 6.54 Å². The second kappa shape index (κ2) is 4.75. The van der Waals surface area contributed by atoms with E-state index < -0.39 is 0 Å². The smallest absolute Gasteiger partial charge is 0.231 e. The standard InChI is InChI=1S/C15H14N4O2/c16-4-6-19-12-8-14-13(20-9-21-14)7-11(12)18-15(19)10-3-1-2-5-17-10/h1-3,5,7-8H,4,6,9,16H2. The molecule has 1 aliphatic heterocycles. The molecular weight excluding hydrogens is 268 g/mol. The maximum Gasteiger partial charge on any atom is 0.231 e. The summed E-state index contributed by atoms with van der Waals surface area (Å²) in [7, 11) is 0. The lowest BCUT2D eigenvalue weighted by atomic mass is 10.2. The molecule has 4 rings (SSSR count). The quantitative estimate of drug-likeness (QED) is 0.792. The SMILES string of the molecule is NCCn1c(-c2ccccn2)nc2cc3c(cc21)OCO3. The van der Waals surface area contributed by atoms with Gasteiger partial charge in [-0.2, -0.15) is 0 Å². The van der Waals surface area contributed by atoms with Gasteiger partial charge >= 0.3 is 0 Å². The van der Waals surface area contributed by atoms with E-state index in [1.54, 1.807) is 6.20 Å².